The maximum absolute atomic E-state index is 12.9. The van der Waals surface area contributed by atoms with E-state index in [4.69, 9.17) is 10.4 Å². The number of carboxylic acids is 1. The first-order valence-electron chi connectivity index (χ1n) is 4.64. The summed E-state index contributed by atoms with van der Waals surface area (Å²) in [6.45, 7) is 0. The number of aliphatic hydroxyl groups is 1. The fraction of sp³-hybridized carbons (Fsp3) is 0.273. The molecule has 0 bridgehead atoms. The summed E-state index contributed by atoms with van der Waals surface area (Å²) in [5, 5.41) is 26.6. The largest absolute Gasteiger partial charge is 0.481 e. The molecule has 84 valence electrons. The number of nitrogens with zero attached hydrogens (tertiary/aromatic N) is 1. The molecule has 0 saturated heterocycles. The summed E-state index contributed by atoms with van der Waals surface area (Å²) in [4.78, 5) is 10.3. The number of rotatable bonds is 4. The van der Waals surface area contributed by atoms with Crippen LogP contribution in [-0.4, -0.2) is 16.2 Å². The van der Waals surface area contributed by atoms with Gasteiger partial charge in [0.1, 0.15) is 11.9 Å². The second-order valence-electron chi connectivity index (χ2n) is 3.30. The number of carbonyl (C=O) groups is 1. The molecule has 1 unspecified atom stereocenters. The van der Waals surface area contributed by atoms with Gasteiger partial charge in [-0.05, 0) is 24.1 Å². The van der Waals surface area contributed by atoms with E-state index in [0.29, 0.717) is 5.56 Å². The van der Waals surface area contributed by atoms with E-state index in [1.807, 2.05) is 0 Å². The average Bonchev–Trinajstić information content (AvgIpc) is 2.26. The van der Waals surface area contributed by atoms with E-state index in [-0.39, 0.29) is 18.4 Å². The summed E-state index contributed by atoms with van der Waals surface area (Å²) in [7, 11) is 0. The van der Waals surface area contributed by atoms with Gasteiger partial charge in [0.05, 0.1) is 11.7 Å². The van der Waals surface area contributed by atoms with Crippen molar-refractivity contribution in [3.63, 3.8) is 0 Å². The number of halogens is 1. The summed E-state index contributed by atoms with van der Waals surface area (Å²) >= 11 is 0. The number of aliphatic hydroxyl groups excluding tert-OH is 1. The van der Waals surface area contributed by atoms with E-state index < -0.39 is 17.9 Å². The van der Waals surface area contributed by atoms with Crippen LogP contribution in [0.4, 0.5) is 4.39 Å². The highest BCUT2D eigenvalue weighted by molar-refractivity contribution is 5.66. The Morgan fingerprint density at radius 2 is 2.25 bits per heavy atom. The normalized spacial score (nSPS) is 11.8. The fourth-order valence-electron chi connectivity index (χ4n) is 1.26. The van der Waals surface area contributed by atoms with Crippen molar-refractivity contribution in [1.29, 1.82) is 5.26 Å². The van der Waals surface area contributed by atoms with Crippen molar-refractivity contribution in [3.05, 3.63) is 35.1 Å². The predicted molar refractivity (Wildman–Crippen MR) is 52.9 cm³/mol. The van der Waals surface area contributed by atoms with Gasteiger partial charge in [-0.1, -0.05) is 6.07 Å². The number of carboxylic acid groups (broad SMARTS) is 1. The molecule has 0 aromatic heterocycles. The maximum atomic E-state index is 12.9. The molecule has 0 amide bonds. The highest BCUT2D eigenvalue weighted by Crippen LogP contribution is 2.20. The summed E-state index contributed by atoms with van der Waals surface area (Å²) in [5.41, 5.74) is 0.186. The Morgan fingerprint density at radius 3 is 2.81 bits per heavy atom. The van der Waals surface area contributed by atoms with Crippen molar-refractivity contribution in [3.8, 4) is 6.07 Å². The second-order valence-corrected chi connectivity index (χ2v) is 3.30. The Kier molecular flexibility index (Phi) is 3.97. The van der Waals surface area contributed by atoms with Crippen LogP contribution in [0.5, 0.6) is 0 Å². The Hall–Kier alpha value is -1.93. The van der Waals surface area contributed by atoms with Crippen LogP contribution in [-0.2, 0) is 4.79 Å². The predicted octanol–water partition coefficient (Wildman–Crippen LogP) is 1.60. The lowest BCUT2D eigenvalue weighted by Crippen LogP contribution is -2.03. The topological polar surface area (TPSA) is 81.3 Å². The van der Waals surface area contributed by atoms with E-state index in [1.165, 1.54) is 12.1 Å². The maximum Gasteiger partial charge on any atom is 0.303 e. The fourth-order valence-corrected chi connectivity index (χ4v) is 1.26. The average molecular weight is 223 g/mol. The molecule has 5 heteroatoms. The standard InChI is InChI=1S/C11H10FNO3/c12-9-2-1-7(5-8(9)6-13)10(14)3-4-11(15)16/h1-2,5,10,14H,3-4H2,(H,15,16). The zero-order valence-electron chi connectivity index (χ0n) is 8.35. The van der Waals surface area contributed by atoms with Crippen LogP contribution in [0.3, 0.4) is 0 Å². The molecule has 1 aromatic carbocycles. The van der Waals surface area contributed by atoms with E-state index in [1.54, 1.807) is 6.07 Å². The first kappa shape index (κ1) is 12.1. The molecule has 1 rings (SSSR count). The van der Waals surface area contributed by atoms with Crippen LogP contribution in [0.2, 0.25) is 0 Å². The summed E-state index contributed by atoms with van der Waals surface area (Å²) in [6.07, 6.45) is -1.14. The number of hydrogen-bond donors (Lipinski definition) is 2. The Labute approximate surface area is 91.6 Å². The molecular weight excluding hydrogens is 213 g/mol. The molecule has 0 aliphatic heterocycles. The van der Waals surface area contributed by atoms with Crippen molar-refractivity contribution >= 4 is 5.97 Å². The Bertz CT molecular complexity index is 439. The van der Waals surface area contributed by atoms with Crippen molar-refractivity contribution in [1.82, 2.24) is 0 Å². The Balaban J connectivity index is 2.80. The zero-order valence-corrected chi connectivity index (χ0v) is 8.35. The minimum absolute atomic E-state index is 0.0336. The third-order valence-electron chi connectivity index (χ3n) is 2.13. The molecule has 0 aliphatic carbocycles. The molecule has 2 N–H and O–H groups in total. The first-order chi connectivity index (χ1) is 7.54. The minimum Gasteiger partial charge on any atom is -0.481 e. The molecule has 0 aliphatic rings. The van der Waals surface area contributed by atoms with Crippen molar-refractivity contribution in [2.24, 2.45) is 0 Å². The number of aliphatic carboxylic acids is 1. The van der Waals surface area contributed by atoms with Gasteiger partial charge in [-0.25, -0.2) is 4.39 Å². The van der Waals surface area contributed by atoms with Gasteiger partial charge < -0.3 is 10.2 Å². The van der Waals surface area contributed by atoms with Crippen LogP contribution in [0, 0.1) is 17.1 Å². The second kappa shape index (κ2) is 5.24. The highest BCUT2D eigenvalue weighted by Gasteiger charge is 2.12. The van der Waals surface area contributed by atoms with Crippen LogP contribution in [0.15, 0.2) is 18.2 Å². The molecule has 0 fully saturated rings. The highest BCUT2D eigenvalue weighted by atomic mass is 19.1. The number of benzene rings is 1. The quantitative estimate of drug-likeness (QED) is 0.812. The van der Waals surface area contributed by atoms with Gasteiger partial charge in [-0.15, -0.1) is 0 Å². The molecule has 0 radical (unpaired) electrons. The third-order valence-corrected chi connectivity index (χ3v) is 2.13. The molecule has 4 nitrogen and oxygen atoms in total. The molecule has 1 atom stereocenters. The smallest absolute Gasteiger partial charge is 0.303 e. The van der Waals surface area contributed by atoms with Crippen LogP contribution < -0.4 is 0 Å². The van der Waals surface area contributed by atoms with Gasteiger partial charge in [0.2, 0.25) is 0 Å². The van der Waals surface area contributed by atoms with Gasteiger partial charge >= 0.3 is 5.97 Å². The Morgan fingerprint density at radius 1 is 1.56 bits per heavy atom. The molecule has 1 aromatic rings. The van der Waals surface area contributed by atoms with Crippen LogP contribution in [0.1, 0.15) is 30.1 Å². The third kappa shape index (κ3) is 3.04. The van der Waals surface area contributed by atoms with E-state index in [2.05, 4.69) is 0 Å². The molecule has 0 heterocycles. The van der Waals surface area contributed by atoms with Gasteiger partial charge in [0.15, 0.2) is 0 Å². The van der Waals surface area contributed by atoms with Crippen molar-refractivity contribution in [2.75, 3.05) is 0 Å². The van der Waals surface area contributed by atoms with Crippen molar-refractivity contribution < 1.29 is 19.4 Å². The van der Waals surface area contributed by atoms with E-state index in [0.717, 1.165) is 6.07 Å². The first-order valence-corrected chi connectivity index (χ1v) is 4.64. The molecule has 0 saturated carbocycles. The summed E-state index contributed by atoms with van der Waals surface area (Å²) < 4.78 is 12.9. The molecule has 16 heavy (non-hydrogen) atoms. The van der Waals surface area contributed by atoms with Crippen LogP contribution >= 0.6 is 0 Å². The minimum atomic E-state index is -1.01. The molecule has 0 spiro atoms. The number of nitriles is 1. The van der Waals surface area contributed by atoms with E-state index in [9.17, 15) is 14.3 Å². The van der Waals surface area contributed by atoms with Crippen molar-refractivity contribution in [2.45, 2.75) is 18.9 Å². The lowest BCUT2D eigenvalue weighted by Gasteiger charge is -2.09. The van der Waals surface area contributed by atoms with E-state index >= 15 is 0 Å². The van der Waals surface area contributed by atoms with Gasteiger partial charge in [-0.2, -0.15) is 5.26 Å². The van der Waals surface area contributed by atoms with Gasteiger partial charge in [-0.3, -0.25) is 4.79 Å². The van der Waals surface area contributed by atoms with Gasteiger partial charge in [0, 0.05) is 6.42 Å². The zero-order chi connectivity index (χ0) is 12.1. The lowest BCUT2D eigenvalue weighted by atomic mass is 10.0. The summed E-state index contributed by atoms with van der Waals surface area (Å²) in [6, 6.07) is 5.29. The number of hydrogen-bond acceptors (Lipinski definition) is 3. The monoisotopic (exact) mass is 223 g/mol. The summed E-state index contributed by atoms with van der Waals surface area (Å²) in [5.74, 6) is -1.67. The van der Waals surface area contributed by atoms with Gasteiger partial charge in [0.25, 0.3) is 0 Å². The SMILES string of the molecule is N#Cc1cc(C(O)CCC(=O)O)ccc1F. The lowest BCUT2D eigenvalue weighted by molar-refractivity contribution is -0.137. The van der Waals surface area contributed by atoms with Crippen LogP contribution in [0.25, 0.3) is 0 Å². The molecular formula is C11H10FNO3.